The van der Waals surface area contributed by atoms with Gasteiger partial charge in [0.05, 0.1) is 11.8 Å². The van der Waals surface area contributed by atoms with E-state index < -0.39 is 0 Å². The summed E-state index contributed by atoms with van der Waals surface area (Å²) in [7, 11) is 0. The van der Waals surface area contributed by atoms with Crippen LogP contribution in [0.2, 0.25) is 5.02 Å². The minimum Gasteiger partial charge on any atom is -0.326 e. The molecule has 0 bridgehead atoms. The Hall–Kier alpha value is -2.66. The van der Waals surface area contributed by atoms with Gasteiger partial charge in [0.15, 0.2) is 5.78 Å². The molecule has 2 aromatic rings. The monoisotopic (exact) mass is 370 g/mol. The van der Waals surface area contributed by atoms with Crippen LogP contribution in [-0.4, -0.2) is 17.6 Å². The number of halogens is 1. The Morgan fingerprint density at radius 1 is 1.00 bits per heavy atom. The molecule has 1 fully saturated rings. The Kier molecular flexibility index (Phi) is 5.09. The van der Waals surface area contributed by atoms with Gasteiger partial charge in [-0.3, -0.25) is 14.4 Å². The maximum absolute atomic E-state index is 12.4. The zero-order valence-corrected chi connectivity index (χ0v) is 15.3. The number of hydrogen-bond donors (Lipinski definition) is 2. The van der Waals surface area contributed by atoms with Crippen LogP contribution in [0.3, 0.4) is 0 Å². The van der Waals surface area contributed by atoms with E-state index in [0.717, 1.165) is 5.56 Å². The Labute approximate surface area is 156 Å². The average molecular weight is 371 g/mol. The van der Waals surface area contributed by atoms with E-state index >= 15 is 0 Å². The number of aryl methyl sites for hydroxylation is 1. The molecular formula is C20H19ClN2O3. The number of ketones is 1. The van der Waals surface area contributed by atoms with Gasteiger partial charge in [-0.1, -0.05) is 23.7 Å². The van der Waals surface area contributed by atoms with Crippen molar-refractivity contribution in [2.24, 2.45) is 11.8 Å². The predicted octanol–water partition coefficient (Wildman–Crippen LogP) is 4.06. The van der Waals surface area contributed by atoms with E-state index in [9.17, 15) is 14.4 Å². The highest BCUT2D eigenvalue weighted by Gasteiger charge is 2.48. The Morgan fingerprint density at radius 2 is 1.69 bits per heavy atom. The lowest BCUT2D eigenvalue weighted by Crippen LogP contribution is -2.21. The molecule has 0 saturated heterocycles. The van der Waals surface area contributed by atoms with Gasteiger partial charge in [0.1, 0.15) is 0 Å². The molecule has 0 spiro atoms. The SMILES string of the molecule is CC(=O)c1cccc(NC(=O)C2CC2C(=O)Nc2ccc(Cl)cc2C)c1. The van der Waals surface area contributed by atoms with Crippen LogP contribution in [0.4, 0.5) is 11.4 Å². The van der Waals surface area contributed by atoms with Crippen LogP contribution in [0.25, 0.3) is 0 Å². The summed E-state index contributed by atoms with van der Waals surface area (Å²) < 4.78 is 0. The summed E-state index contributed by atoms with van der Waals surface area (Å²) in [6, 6.07) is 12.0. The summed E-state index contributed by atoms with van der Waals surface area (Å²) in [5.74, 6) is -1.15. The van der Waals surface area contributed by atoms with Crippen LogP contribution < -0.4 is 10.6 Å². The molecule has 2 N–H and O–H groups in total. The van der Waals surface area contributed by atoms with Crippen molar-refractivity contribution in [3.8, 4) is 0 Å². The second-order valence-corrected chi connectivity index (χ2v) is 6.96. The fourth-order valence-corrected chi connectivity index (χ4v) is 3.04. The van der Waals surface area contributed by atoms with Gasteiger partial charge >= 0.3 is 0 Å². The predicted molar refractivity (Wildman–Crippen MR) is 101 cm³/mol. The summed E-state index contributed by atoms with van der Waals surface area (Å²) in [5.41, 5.74) is 2.65. The summed E-state index contributed by atoms with van der Waals surface area (Å²) >= 11 is 5.91. The lowest BCUT2D eigenvalue weighted by molar-refractivity contribution is -0.122. The molecule has 1 saturated carbocycles. The quantitative estimate of drug-likeness (QED) is 0.779. The third-order valence-corrected chi connectivity index (χ3v) is 4.68. The first-order valence-corrected chi connectivity index (χ1v) is 8.72. The molecule has 134 valence electrons. The van der Waals surface area contributed by atoms with Crippen LogP contribution in [-0.2, 0) is 9.59 Å². The zero-order chi connectivity index (χ0) is 18.8. The number of rotatable bonds is 5. The van der Waals surface area contributed by atoms with Gasteiger partial charge in [-0.25, -0.2) is 0 Å². The van der Waals surface area contributed by atoms with Crippen molar-refractivity contribution < 1.29 is 14.4 Å². The van der Waals surface area contributed by atoms with E-state index in [2.05, 4.69) is 10.6 Å². The maximum atomic E-state index is 12.4. The summed E-state index contributed by atoms with van der Waals surface area (Å²) in [5, 5.41) is 6.24. The number of carbonyl (C=O) groups excluding carboxylic acids is 3. The van der Waals surface area contributed by atoms with Crippen molar-refractivity contribution in [1.29, 1.82) is 0 Å². The van der Waals surface area contributed by atoms with Crippen molar-refractivity contribution in [2.75, 3.05) is 10.6 Å². The third kappa shape index (κ3) is 4.11. The van der Waals surface area contributed by atoms with Crippen LogP contribution >= 0.6 is 11.6 Å². The van der Waals surface area contributed by atoms with E-state index in [-0.39, 0.29) is 29.4 Å². The molecule has 0 heterocycles. The molecule has 0 aromatic heterocycles. The standard InChI is InChI=1S/C20H19ClN2O3/c1-11-8-14(21)6-7-18(11)23-20(26)17-10-16(17)19(25)22-15-5-3-4-13(9-15)12(2)24/h3-9,16-17H,10H2,1-2H3,(H,22,25)(H,23,26). The molecule has 6 heteroatoms. The normalized spacial score (nSPS) is 18.1. The topological polar surface area (TPSA) is 75.3 Å². The molecule has 2 amide bonds. The van der Waals surface area contributed by atoms with Gasteiger partial charge in [0.25, 0.3) is 0 Å². The molecule has 1 aliphatic rings. The van der Waals surface area contributed by atoms with Crippen LogP contribution in [0.15, 0.2) is 42.5 Å². The molecule has 2 aromatic carbocycles. The van der Waals surface area contributed by atoms with Crippen molar-refractivity contribution in [1.82, 2.24) is 0 Å². The number of Topliss-reactive ketones (excluding diaryl/α,β-unsaturated/α-hetero) is 1. The van der Waals surface area contributed by atoms with E-state index in [0.29, 0.717) is 28.4 Å². The van der Waals surface area contributed by atoms with Gasteiger partial charge in [-0.2, -0.15) is 0 Å². The van der Waals surface area contributed by atoms with Crippen molar-refractivity contribution in [3.05, 3.63) is 58.6 Å². The molecule has 3 rings (SSSR count). The highest BCUT2D eigenvalue weighted by Crippen LogP contribution is 2.40. The Balaban J connectivity index is 1.59. The average Bonchev–Trinajstić information content (AvgIpc) is 3.38. The molecule has 2 atom stereocenters. The van der Waals surface area contributed by atoms with E-state index in [1.54, 1.807) is 42.5 Å². The largest absolute Gasteiger partial charge is 0.326 e. The Bertz CT molecular complexity index is 894. The van der Waals surface area contributed by atoms with Crippen LogP contribution in [0, 0.1) is 18.8 Å². The van der Waals surface area contributed by atoms with Crippen LogP contribution in [0.5, 0.6) is 0 Å². The smallest absolute Gasteiger partial charge is 0.228 e. The van der Waals surface area contributed by atoms with E-state index in [1.807, 2.05) is 6.92 Å². The fraction of sp³-hybridized carbons (Fsp3) is 0.250. The van der Waals surface area contributed by atoms with Gasteiger partial charge < -0.3 is 10.6 Å². The van der Waals surface area contributed by atoms with Gasteiger partial charge in [-0.05, 0) is 56.2 Å². The number of nitrogens with one attached hydrogen (secondary N) is 2. The Morgan fingerprint density at radius 3 is 2.35 bits per heavy atom. The minimum absolute atomic E-state index is 0.0666. The molecule has 5 nitrogen and oxygen atoms in total. The van der Waals surface area contributed by atoms with E-state index in [1.165, 1.54) is 6.92 Å². The summed E-state index contributed by atoms with van der Waals surface area (Å²) in [4.78, 5) is 36.1. The van der Waals surface area contributed by atoms with E-state index in [4.69, 9.17) is 11.6 Å². The molecular weight excluding hydrogens is 352 g/mol. The number of hydrogen-bond acceptors (Lipinski definition) is 3. The van der Waals surface area contributed by atoms with Crippen molar-refractivity contribution in [3.63, 3.8) is 0 Å². The summed E-state index contributed by atoms with van der Waals surface area (Å²) in [6.45, 7) is 3.33. The highest BCUT2D eigenvalue weighted by atomic mass is 35.5. The second-order valence-electron chi connectivity index (χ2n) is 6.52. The first-order chi connectivity index (χ1) is 12.3. The first kappa shape index (κ1) is 18.1. The number of carbonyl (C=O) groups is 3. The molecule has 0 radical (unpaired) electrons. The number of anilines is 2. The minimum atomic E-state index is -0.358. The van der Waals surface area contributed by atoms with Crippen molar-refractivity contribution >= 4 is 40.6 Å². The third-order valence-electron chi connectivity index (χ3n) is 4.45. The lowest BCUT2D eigenvalue weighted by atomic mass is 10.1. The highest BCUT2D eigenvalue weighted by molar-refractivity contribution is 6.30. The zero-order valence-electron chi connectivity index (χ0n) is 14.5. The number of amides is 2. The fourth-order valence-electron chi connectivity index (χ4n) is 2.82. The van der Waals surface area contributed by atoms with Gasteiger partial charge in [0.2, 0.25) is 11.8 Å². The molecule has 2 unspecified atom stereocenters. The second kappa shape index (κ2) is 7.30. The summed E-state index contributed by atoms with van der Waals surface area (Å²) in [6.07, 6.45) is 0.511. The lowest BCUT2D eigenvalue weighted by Gasteiger charge is -2.09. The molecule has 0 aliphatic heterocycles. The van der Waals surface area contributed by atoms with Gasteiger partial charge in [-0.15, -0.1) is 0 Å². The molecule has 1 aliphatic carbocycles. The molecule has 26 heavy (non-hydrogen) atoms. The maximum Gasteiger partial charge on any atom is 0.228 e. The number of benzene rings is 2. The van der Waals surface area contributed by atoms with Crippen LogP contribution in [0.1, 0.15) is 29.3 Å². The van der Waals surface area contributed by atoms with Crippen molar-refractivity contribution in [2.45, 2.75) is 20.3 Å². The first-order valence-electron chi connectivity index (χ1n) is 8.34. The van der Waals surface area contributed by atoms with Gasteiger partial charge in [0, 0.05) is 22.0 Å².